The maximum Gasteiger partial charge on any atom is 0.271 e. The second-order valence-corrected chi connectivity index (χ2v) is 7.04. The molecule has 1 heterocycles. The number of sulfonamides is 1. The topological polar surface area (TPSA) is 85.3 Å². The van der Waals surface area contributed by atoms with E-state index in [1.165, 1.54) is 6.07 Å². The average Bonchev–Trinajstić information content (AvgIpc) is 2.71. The first kappa shape index (κ1) is 16.2. The Kier molecular flexibility index (Phi) is 5.58. The van der Waals surface area contributed by atoms with Crippen molar-refractivity contribution < 1.29 is 12.8 Å². The number of hydrogen-bond donors (Lipinski definition) is 2. The summed E-state index contributed by atoms with van der Waals surface area (Å²) in [6, 6.07) is 3.02. The van der Waals surface area contributed by atoms with E-state index >= 15 is 0 Å². The Morgan fingerprint density at radius 3 is 2.21 bits per heavy atom. The van der Waals surface area contributed by atoms with Gasteiger partial charge in [0.05, 0.1) is 6.54 Å². The van der Waals surface area contributed by atoms with E-state index in [0.717, 1.165) is 6.54 Å². The summed E-state index contributed by atoms with van der Waals surface area (Å²) in [4.78, 5) is 0. The van der Waals surface area contributed by atoms with Gasteiger partial charge in [-0.25, -0.2) is 13.6 Å². The summed E-state index contributed by atoms with van der Waals surface area (Å²) in [6.07, 6.45) is 0. The molecule has 1 aromatic rings. The first-order valence-electron chi connectivity index (χ1n) is 6.54. The molecule has 5 nitrogen and oxygen atoms in total. The summed E-state index contributed by atoms with van der Waals surface area (Å²) in [5, 5.41) is 8.10. The normalized spacial score (nSPS) is 12.8. The number of primary sulfonamides is 1. The molecule has 3 N–H and O–H groups in total. The van der Waals surface area contributed by atoms with Gasteiger partial charge in [0.2, 0.25) is 5.09 Å². The van der Waals surface area contributed by atoms with Crippen molar-refractivity contribution in [2.75, 3.05) is 6.54 Å². The second-order valence-electron chi connectivity index (χ2n) is 5.55. The number of rotatable bonds is 7. The fraction of sp³-hybridized carbons (Fsp3) is 0.692. The minimum Gasteiger partial charge on any atom is -0.447 e. The zero-order valence-corrected chi connectivity index (χ0v) is 12.8. The third-order valence-corrected chi connectivity index (χ3v) is 4.09. The lowest BCUT2D eigenvalue weighted by atomic mass is 9.85. The highest BCUT2D eigenvalue weighted by Gasteiger charge is 2.17. The lowest BCUT2D eigenvalue weighted by Crippen LogP contribution is -2.29. The Hall–Kier alpha value is -0.850. The maximum absolute atomic E-state index is 11.1. The van der Waals surface area contributed by atoms with Gasteiger partial charge >= 0.3 is 0 Å². The van der Waals surface area contributed by atoms with E-state index < -0.39 is 10.0 Å². The Morgan fingerprint density at radius 1 is 1.21 bits per heavy atom. The minimum atomic E-state index is -3.74. The molecule has 1 rings (SSSR count). The van der Waals surface area contributed by atoms with Crippen LogP contribution in [0, 0.1) is 17.8 Å². The fourth-order valence-electron chi connectivity index (χ4n) is 2.21. The van der Waals surface area contributed by atoms with Crippen molar-refractivity contribution in [3.63, 3.8) is 0 Å². The average molecular weight is 288 g/mol. The minimum absolute atomic E-state index is 0.187. The molecule has 0 atom stereocenters. The Bertz CT molecular complexity index is 484. The monoisotopic (exact) mass is 288 g/mol. The van der Waals surface area contributed by atoms with Gasteiger partial charge in [0.1, 0.15) is 5.76 Å². The molecule has 0 radical (unpaired) electrons. The van der Waals surface area contributed by atoms with Crippen molar-refractivity contribution in [3.05, 3.63) is 17.9 Å². The first-order valence-corrected chi connectivity index (χ1v) is 8.08. The number of nitrogens with two attached hydrogens (primary N) is 1. The van der Waals surface area contributed by atoms with Crippen LogP contribution in [0.3, 0.4) is 0 Å². The van der Waals surface area contributed by atoms with Crippen LogP contribution in [-0.2, 0) is 16.6 Å². The van der Waals surface area contributed by atoms with Crippen LogP contribution >= 0.6 is 0 Å². The zero-order valence-electron chi connectivity index (χ0n) is 12.0. The van der Waals surface area contributed by atoms with Crippen LogP contribution in [0.5, 0.6) is 0 Å². The summed E-state index contributed by atoms with van der Waals surface area (Å²) in [5.74, 6) is 2.36. The van der Waals surface area contributed by atoms with Crippen molar-refractivity contribution in [3.8, 4) is 0 Å². The largest absolute Gasteiger partial charge is 0.447 e. The Morgan fingerprint density at radius 2 is 1.79 bits per heavy atom. The Labute approximate surface area is 115 Å². The van der Waals surface area contributed by atoms with Crippen molar-refractivity contribution in [1.82, 2.24) is 5.32 Å². The second kappa shape index (κ2) is 6.54. The van der Waals surface area contributed by atoms with Gasteiger partial charge in [0, 0.05) is 0 Å². The Balaban J connectivity index is 2.52. The third-order valence-electron chi connectivity index (χ3n) is 3.31. The van der Waals surface area contributed by atoms with Gasteiger partial charge in [-0.05, 0) is 36.4 Å². The highest BCUT2D eigenvalue weighted by Crippen LogP contribution is 2.19. The molecule has 110 valence electrons. The summed E-state index contributed by atoms with van der Waals surface area (Å²) >= 11 is 0. The zero-order chi connectivity index (χ0) is 14.6. The molecule has 0 bridgehead atoms. The van der Waals surface area contributed by atoms with E-state index in [4.69, 9.17) is 9.56 Å². The SMILES string of the molecule is CC(C)C(CNCc1ccc(S(N)(=O)=O)o1)C(C)C. The standard InChI is InChI=1S/C13H24N2O3S/c1-9(2)12(10(3)4)8-15-7-11-5-6-13(18-11)19(14,16)17/h5-6,9-10,12,15H,7-8H2,1-4H3,(H2,14,16,17). The van der Waals surface area contributed by atoms with Gasteiger partial charge in [0.15, 0.2) is 0 Å². The number of furan rings is 1. The van der Waals surface area contributed by atoms with Crippen LogP contribution in [0.1, 0.15) is 33.5 Å². The van der Waals surface area contributed by atoms with Crippen LogP contribution in [-0.4, -0.2) is 15.0 Å². The molecule has 0 amide bonds. The molecule has 6 heteroatoms. The molecular formula is C13H24N2O3S. The molecule has 0 saturated heterocycles. The molecule has 0 unspecified atom stereocenters. The van der Waals surface area contributed by atoms with Gasteiger partial charge in [0.25, 0.3) is 10.0 Å². The number of hydrogen-bond acceptors (Lipinski definition) is 4. The molecule has 1 aromatic heterocycles. The predicted octanol–water partition coefficient (Wildman–Crippen LogP) is 1.94. The molecule has 0 spiro atoms. The molecule has 0 aliphatic heterocycles. The predicted molar refractivity (Wildman–Crippen MR) is 75.0 cm³/mol. The van der Waals surface area contributed by atoms with Gasteiger partial charge in [-0.1, -0.05) is 27.7 Å². The van der Waals surface area contributed by atoms with Crippen LogP contribution in [0.2, 0.25) is 0 Å². The highest BCUT2D eigenvalue weighted by molar-refractivity contribution is 7.89. The van der Waals surface area contributed by atoms with Crippen LogP contribution < -0.4 is 10.5 Å². The maximum atomic E-state index is 11.1. The summed E-state index contributed by atoms with van der Waals surface area (Å²) in [5.41, 5.74) is 0. The van der Waals surface area contributed by atoms with Crippen LogP contribution in [0.15, 0.2) is 21.6 Å². The van der Waals surface area contributed by atoms with E-state index in [0.29, 0.717) is 30.1 Å². The lowest BCUT2D eigenvalue weighted by Gasteiger charge is -2.24. The molecule has 0 aromatic carbocycles. The van der Waals surface area contributed by atoms with Gasteiger partial charge in [-0.2, -0.15) is 0 Å². The van der Waals surface area contributed by atoms with E-state index in [1.54, 1.807) is 6.07 Å². The van der Waals surface area contributed by atoms with Gasteiger partial charge in [-0.15, -0.1) is 0 Å². The molecule has 0 aliphatic carbocycles. The molecule has 19 heavy (non-hydrogen) atoms. The summed E-state index contributed by atoms with van der Waals surface area (Å²) in [7, 11) is -3.74. The van der Waals surface area contributed by atoms with Gasteiger partial charge in [-0.3, -0.25) is 0 Å². The van der Waals surface area contributed by atoms with E-state index in [1.807, 2.05) is 0 Å². The van der Waals surface area contributed by atoms with E-state index in [9.17, 15) is 8.42 Å². The van der Waals surface area contributed by atoms with Gasteiger partial charge < -0.3 is 9.73 Å². The van der Waals surface area contributed by atoms with Crippen LogP contribution in [0.4, 0.5) is 0 Å². The summed E-state index contributed by atoms with van der Waals surface area (Å²) in [6.45, 7) is 10.2. The summed E-state index contributed by atoms with van der Waals surface area (Å²) < 4.78 is 27.3. The molecular weight excluding hydrogens is 264 g/mol. The lowest BCUT2D eigenvalue weighted by molar-refractivity contribution is 0.271. The van der Waals surface area contributed by atoms with Crippen molar-refractivity contribution in [1.29, 1.82) is 0 Å². The molecule has 0 fully saturated rings. The van der Waals surface area contributed by atoms with E-state index in [2.05, 4.69) is 33.0 Å². The quantitative estimate of drug-likeness (QED) is 0.803. The van der Waals surface area contributed by atoms with Crippen LogP contribution in [0.25, 0.3) is 0 Å². The number of nitrogens with one attached hydrogen (secondary N) is 1. The highest BCUT2D eigenvalue weighted by atomic mass is 32.2. The molecule has 0 saturated carbocycles. The van der Waals surface area contributed by atoms with Crippen molar-refractivity contribution in [2.45, 2.75) is 39.3 Å². The van der Waals surface area contributed by atoms with Crippen molar-refractivity contribution in [2.24, 2.45) is 22.9 Å². The third kappa shape index (κ3) is 4.97. The first-order chi connectivity index (χ1) is 8.71. The molecule has 0 aliphatic rings. The fourth-order valence-corrected chi connectivity index (χ4v) is 2.69. The smallest absolute Gasteiger partial charge is 0.271 e. The van der Waals surface area contributed by atoms with E-state index in [-0.39, 0.29) is 5.09 Å². The van der Waals surface area contributed by atoms with Crippen molar-refractivity contribution >= 4 is 10.0 Å².